The van der Waals surface area contributed by atoms with Crippen molar-refractivity contribution in [1.82, 2.24) is 9.97 Å². The lowest BCUT2D eigenvalue weighted by Crippen LogP contribution is -2.07. The second kappa shape index (κ2) is 7.39. The molecule has 0 bridgehead atoms. The maximum absolute atomic E-state index is 4.62. The summed E-state index contributed by atoms with van der Waals surface area (Å²) in [6.07, 6.45) is 2.77. The zero-order valence-corrected chi connectivity index (χ0v) is 13.6. The third-order valence-corrected chi connectivity index (χ3v) is 3.49. The van der Waals surface area contributed by atoms with Crippen molar-refractivity contribution < 1.29 is 0 Å². The van der Waals surface area contributed by atoms with Crippen LogP contribution in [-0.4, -0.2) is 16.5 Å². The average molecular weight is 334 g/mol. The van der Waals surface area contributed by atoms with Gasteiger partial charge in [-0.3, -0.25) is 0 Å². The van der Waals surface area contributed by atoms with Crippen LogP contribution in [0.15, 0.2) is 34.8 Å². The summed E-state index contributed by atoms with van der Waals surface area (Å²) >= 11 is 3.50. The fraction of sp³-hybridized carbons (Fsp3) is 0.375. The molecule has 0 aliphatic rings. The van der Waals surface area contributed by atoms with Crippen molar-refractivity contribution in [3.63, 3.8) is 0 Å². The molecule has 0 spiro atoms. The Labute approximate surface area is 129 Å². The summed E-state index contributed by atoms with van der Waals surface area (Å²) < 4.78 is 1.09. The highest BCUT2D eigenvalue weighted by molar-refractivity contribution is 9.10. The molecule has 1 aromatic heterocycles. The minimum absolute atomic E-state index is 0.758. The predicted octanol–water partition coefficient (Wildman–Crippen LogP) is 4.21. The average Bonchev–Trinajstić information content (AvgIpc) is 2.45. The molecule has 0 radical (unpaired) electrons. The van der Waals surface area contributed by atoms with Crippen LogP contribution in [0.25, 0.3) is 0 Å². The number of hydrogen-bond acceptors (Lipinski definition) is 3. The van der Waals surface area contributed by atoms with E-state index in [1.165, 1.54) is 5.56 Å². The van der Waals surface area contributed by atoms with Crippen molar-refractivity contribution in [3.8, 4) is 0 Å². The van der Waals surface area contributed by atoms with Gasteiger partial charge in [0.1, 0.15) is 11.6 Å². The van der Waals surface area contributed by atoms with Gasteiger partial charge in [0.05, 0.1) is 0 Å². The highest BCUT2D eigenvalue weighted by Crippen LogP contribution is 2.15. The van der Waals surface area contributed by atoms with Crippen LogP contribution in [-0.2, 0) is 12.8 Å². The minimum Gasteiger partial charge on any atom is -0.370 e. The number of benzene rings is 1. The van der Waals surface area contributed by atoms with E-state index in [0.717, 1.165) is 47.6 Å². The molecule has 1 N–H and O–H groups in total. The monoisotopic (exact) mass is 333 g/mol. The Kier molecular flexibility index (Phi) is 5.53. The zero-order chi connectivity index (χ0) is 14.4. The first-order valence-corrected chi connectivity index (χ1v) is 7.85. The molecule has 0 amide bonds. The molecule has 0 aliphatic carbocycles. The van der Waals surface area contributed by atoms with Gasteiger partial charge in [0.2, 0.25) is 0 Å². The largest absolute Gasteiger partial charge is 0.370 e. The van der Waals surface area contributed by atoms with E-state index >= 15 is 0 Å². The van der Waals surface area contributed by atoms with Gasteiger partial charge in [0, 0.05) is 29.2 Å². The standard InChI is InChI=1S/C16H20BrN3/c1-3-8-18-15-11-14(4-2)19-16(20-15)10-12-6-5-7-13(17)9-12/h5-7,9,11H,3-4,8,10H2,1-2H3,(H,18,19,20). The molecular weight excluding hydrogens is 314 g/mol. The van der Waals surface area contributed by atoms with Crippen LogP contribution in [0.2, 0.25) is 0 Å². The fourth-order valence-electron chi connectivity index (χ4n) is 1.99. The molecule has 3 nitrogen and oxygen atoms in total. The summed E-state index contributed by atoms with van der Waals surface area (Å²) in [6, 6.07) is 10.3. The van der Waals surface area contributed by atoms with Crippen LogP contribution in [0.4, 0.5) is 5.82 Å². The Bertz CT molecular complexity index is 569. The molecule has 1 heterocycles. The molecule has 0 unspecified atom stereocenters. The van der Waals surface area contributed by atoms with E-state index in [9.17, 15) is 0 Å². The molecular formula is C16H20BrN3. The quantitative estimate of drug-likeness (QED) is 0.860. The lowest BCUT2D eigenvalue weighted by atomic mass is 10.1. The first-order chi connectivity index (χ1) is 9.71. The van der Waals surface area contributed by atoms with Gasteiger partial charge < -0.3 is 5.32 Å². The van der Waals surface area contributed by atoms with Crippen molar-refractivity contribution in [2.75, 3.05) is 11.9 Å². The van der Waals surface area contributed by atoms with E-state index in [0.29, 0.717) is 0 Å². The second-order valence-electron chi connectivity index (χ2n) is 4.75. The Morgan fingerprint density at radius 2 is 2.00 bits per heavy atom. The van der Waals surface area contributed by atoms with E-state index in [-0.39, 0.29) is 0 Å². The normalized spacial score (nSPS) is 10.6. The maximum Gasteiger partial charge on any atom is 0.135 e. The summed E-state index contributed by atoms with van der Waals surface area (Å²) in [4.78, 5) is 9.22. The summed E-state index contributed by atoms with van der Waals surface area (Å²) in [6.45, 7) is 5.21. The molecule has 20 heavy (non-hydrogen) atoms. The Balaban J connectivity index is 2.21. The SMILES string of the molecule is CCCNc1cc(CC)nc(Cc2cccc(Br)c2)n1. The predicted molar refractivity (Wildman–Crippen MR) is 87.1 cm³/mol. The number of aromatic nitrogens is 2. The molecule has 0 aliphatic heterocycles. The fourth-order valence-corrected chi connectivity index (χ4v) is 2.43. The molecule has 0 saturated heterocycles. The summed E-state index contributed by atoms with van der Waals surface area (Å²) in [5.41, 5.74) is 2.30. The Hall–Kier alpha value is -1.42. The van der Waals surface area contributed by atoms with Crippen LogP contribution in [0.5, 0.6) is 0 Å². The van der Waals surface area contributed by atoms with Gasteiger partial charge in [0.15, 0.2) is 0 Å². The van der Waals surface area contributed by atoms with E-state index < -0.39 is 0 Å². The van der Waals surface area contributed by atoms with Crippen LogP contribution in [0.1, 0.15) is 37.4 Å². The number of hydrogen-bond donors (Lipinski definition) is 1. The van der Waals surface area contributed by atoms with Gasteiger partial charge >= 0.3 is 0 Å². The van der Waals surface area contributed by atoms with Crippen LogP contribution in [0.3, 0.4) is 0 Å². The van der Waals surface area contributed by atoms with Gasteiger partial charge in [-0.05, 0) is 30.5 Å². The van der Waals surface area contributed by atoms with Crippen molar-refractivity contribution in [3.05, 3.63) is 51.9 Å². The Morgan fingerprint density at radius 1 is 1.15 bits per heavy atom. The molecule has 1 aromatic carbocycles. The molecule has 0 saturated carbocycles. The summed E-state index contributed by atoms with van der Waals surface area (Å²) in [7, 11) is 0. The van der Waals surface area contributed by atoms with Crippen molar-refractivity contribution in [2.45, 2.75) is 33.1 Å². The van der Waals surface area contributed by atoms with Crippen molar-refractivity contribution >= 4 is 21.7 Å². The smallest absolute Gasteiger partial charge is 0.135 e. The van der Waals surface area contributed by atoms with Crippen molar-refractivity contribution in [1.29, 1.82) is 0 Å². The first kappa shape index (κ1) is 15.0. The highest BCUT2D eigenvalue weighted by atomic mass is 79.9. The van der Waals surface area contributed by atoms with E-state index in [1.54, 1.807) is 0 Å². The van der Waals surface area contributed by atoms with Crippen LogP contribution >= 0.6 is 15.9 Å². The van der Waals surface area contributed by atoms with Crippen molar-refractivity contribution in [2.24, 2.45) is 0 Å². The van der Waals surface area contributed by atoms with E-state index in [4.69, 9.17) is 0 Å². The highest BCUT2D eigenvalue weighted by Gasteiger charge is 2.05. The number of nitrogens with one attached hydrogen (secondary N) is 1. The third kappa shape index (κ3) is 4.30. The molecule has 2 aromatic rings. The van der Waals surface area contributed by atoms with Gasteiger partial charge in [0.25, 0.3) is 0 Å². The topological polar surface area (TPSA) is 37.8 Å². The summed E-state index contributed by atoms with van der Waals surface area (Å²) in [5, 5.41) is 3.35. The molecule has 4 heteroatoms. The van der Waals surface area contributed by atoms with Gasteiger partial charge in [-0.1, -0.05) is 41.9 Å². The van der Waals surface area contributed by atoms with Crippen LogP contribution < -0.4 is 5.32 Å². The number of anilines is 1. The van der Waals surface area contributed by atoms with Gasteiger partial charge in [-0.2, -0.15) is 0 Å². The van der Waals surface area contributed by atoms with E-state index in [1.807, 2.05) is 18.2 Å². The second-order valence-corrected chi connectivity index (χ2v) is 5.66. The Morgan fingerprint density at radius 3 is 2.70 bits per heavy atom. The number of halogens is 1. The third-order valence-electron chi connectivity index (χ3n) is 3.00. The van der Waals surface area contributed by atoms with E-state index in [2.05, 4.69) is 57.2 Å². The minimum atomic E-state index is 0.758. The molecule has 106 valence electrons. The summed E-state index contributed by atoms with van der Waals surface area (Å²) in [5.74, 6) is 1.81. The molecule has 2 rings (SSSR count). The first-order valence-electron chi connectivity index (χ1n) is 7.06. The number of rotatable bonds is 6. The lowest BCUT2D eigenvalue weighted by Gasteiger charge is -2.09. The van der Waals surface area contributed by atoms with Crippen LogP contribution in [0, 0.1) is 0 Å². The zero-order valence-electron chi connectivity index (χ0n) is 12.0. The van der Waals surface area contributed by atoms with Gasteiger partial charge in [-0.25, -0.2) is 9.97 Å². The van der Waals surface area contributed by atoms with Gasteiger partial charge in [-0.15, -0.1) is 0 Å². The maximum atomic E-state index is 4.62. The molecule has 0 atom stereocenters. The number of nitrogens with zero attached hydrogens (tertiary/aromatic N) is 2. The lowest BCUT2D eigenvalue weighted by molar-refractivity contribution is 0.892. The molecule has 0 fully saturated rings. The number of aryl methyl sites for hydroxylation is 1.